The molecule has 122 valence electrons. The molecule has 0 amide bonds. The van der Waals surface area contributed by atoms with Crippen LogP contribution in [-0.4, -0.2) is 28.2 Å². The average Bonchev–Trinajstić information content (AvgIpc) is 2.77. The van der Waals surface area contributed by atoms with Crippen LogP contribution >= 0.6 is 0 Å². The third kappa shape index (κ3) is 1.78. The summed E-state index contributed by atoms with van der Waals surface area (Å²) in [5.74, 6) is 1.46. The van der Waals surface area contributed by atoms with Gasteiger partial charge in [0.25, 0.3) is 0 Å². The fraction of sp³-hybridized carbons (Fsp3) is 0.842. The second-order valence-corrected chi connectivity index (χ2v) is 8.70. The van der Waals surface area contributed by atoms with Gasteiger partial charge in [-0.1, -0.05) is 25.5 Å². The van der Waals surface area contributed by atoms with Gasteiger partial charge in [0, 0.05) is 11.8 Å². The van der Waals surface area contributed by atoms with Crippen LogP contribution in [0.15, 0.2) is 11.6 Å². The Morgan fingerprint density at radius 2 is 1.73 bits per heavy atom. The fourth-order valence-corrected chi connectivity index (χ4v) is 6.40. The zero-order valence-electron chi connectivity index (χ0n) is 13.7. The van der Waals surface area contributed by atoms with Crippen LogP contribution in [0.3, 0.4) is 0 Å². The maximum Gasteiger partial charge on any atom is 0.139 e. The molecule has 3 heteroatoms. The first-order chi connectivity index (χ1) is 10.4. The van der Waals surface area contributed by atoms with Crippen molar-refractivity contribution in [2.24, 2.45) is 28.6 Å². The van der Waals surface area contributed by atoms with Gasteiger partial charge in [-0.05, 0) is 61.7 Å². The summed E-state index contributed by atoms with van der Waals surface area (Å²) >= 11 is 0. The molecule has 0 radical (unpaired) electrons. The van der Waals surface area contributed by atoms with Crippen LogP contribution in [0, 0.1) is 28.6 Å². The summed E-state index contributed by atoms with van der Waals surface area (Å²) in [5, 5.41) is 20.8. The van der Waals surface area contributed by atoms with E-state index in [1.165, 1.54) is 5.57 Å². The summed E-state index contributed by atoms with van der Waals surface area (Å²) in [4.78, 5) is 12.4. The van der Waals surface area contributed by atoms with Gasteiger partial charge in [0.1, 0.15) is 5.78 Å². The maximum absolute atomic E-state index is 12.4. The molecule has 2 N–H and O–H groups in total. The summed E-state index contributed by atoms with van der Waals surface area (Å²) in [6.45, 7) is 4.48. The summed E-state index contributed by atoms with van der Waals surface area (Å²) in [5.41, 5.74) is 1.20. The molecule has 0 aliphatic heterocycles. The Labute approximate surface area is 132 Å². The Kier molecular flexibility index (Phi) is 3.16. The first kappa shape index (κ1) is 14.9. The minimum absolute atomic E-state index is 0.121. The second-order valence-electron chi connectivity index (χ2n) is 8.70. The van der Waals surface area contributed by atoms with Crippen LogP contribution in [-0.2, 0) is 4.79 Å². The molecule has 0 bridgehead atoms. The van der Waals surface area contributed by atoms with Crippen molar-refractivity contribution in [3.8, 4) is 0 Å². The van der Waals surface area contributed by atoms with Gasteiger partial charge in [0.15, 0.2) is 0 Å². The number of fused-ring (bicyclic) bond motifs is 5. The molecule has 3 nitrogen and oxygen atoms in total. The normalized spacial score (nSPS) is 54.3. The van der Waals surface area contributed by atoms with Crippen molar-refractivity contribution in [2.75, 3.05) is 0 Å². The van der Waals surface area contributed by atoms with E-state index in [4.69, 9.17) is 0 Å². The van der Waals surface area contributed by atoms with Crippen molar-refractivity contribution in [3.63, 3.8) is 0 Å². The molecule has 0 aromatic rings. The largest absolute Gasteiger partial charge is 0.393 e. The standard InChI is InChI=1S/C19H28O3/c1-18-7-5-12(20)9-11(18)10-15(21)17-13-3-4-16(22)19(13,2)8-6-14(17)18/h10,12-15,17,20-21H,3-9H2,1-2H3/t12-,13-,14+,15+,17+,18-,19-/m1/s1. The number of ketones is 1. The Balaban J connectivity index is 1.75. The zero-order valence-corrected chi connectivity index (χ0v) is 13.7. The molecule has 0 saturated heterocycles. The van der Waals surface area contributed by atoms with Gasteiger partial charge in [-0.2, -0.15) is 0 Å². The molecular weight excluding hydrogens is 276 g/mol. The number of aliphatic hydroxyl groups excluding tert-OH is 2. The molecule has 4 aliphatic carbocycles. The Hall–Kier alpha value is -0.670. The van der Waals surface area contributed by atoms with E-state index in [0.29, 0.717) is 24.0 Å². The van der Waals surface area contributed by atoms with Crippen molar-refractivity contribution >= 4 is 5.78 Å². The predicted octanol–water partition coefficient (Wildman–Crippen LogP) is 2.85. The number of carbonyl (C=O) groups is 1. The minimum atomic E-state index is -0.436. The second kappa shape index (κ2) is 4.67. The van der Waals surface area contributed by atoms with Gasteiger partial charge in [0.2, 0.25) is 0 Å². The van der Waals surface area contributed by atoms with Crippen LogP contribution in [0.5, 0.6) is 0 Å². The van der Waals surface area contributed by atoms with Gasteiger partial charge in [0.05, 0.1) is 12.2 Å². The van der Waals surface area contributed by atoms with E-state index < -0.39 is 6.10 Å². The van der Waals surface area contributed by atoms with Crippen molar-refractivity contribution in [2.45, 2.75) is 71.0 Å². The van der Waals surface area contributed by atoms with Crippen molar-refractivity contribution in [3.05, 3.63) is 11.6 Å². The van der Waals surface area contributed by atoms with Crippen LogP contribution < -0.4 is 0 Å². The third-order valence-electron chi connectivity index (χ3n) is 7.81. The molecule has 22 heavy (non-hydrogen) atoms. The van der Waals surface area contributed by atoms with E-state index in [2.05, 4.69) is 13.8 Å². The molecular formula is C19H28O3. The summed E-state index contributed by atoms with van der Waals surface area (Å²) in [6.07, 6.45) is 7.65. The summed E-state index contributed by atoms with van der Waals surface area (Å²) < 4.78 is 0. The van der Waals surface area contributed by atoms with Gasteiger partial charge in [-0.25, -0.2) is 0 Å². The topological polar surface area (TPSA) is 57.5 Å². The predicted molar refractivity (Wildman–Crippen MR) is 84.1 cm³/mol. The van der Waals surface area contributed by atoms with E-state index in [1.807, 2.05) is 6.08 Å². The third-order valence-corrected chi connectivity index (χ3v) is 7.81. The fourth-order valence-electron chi connectivity index (χ4n) is 6.40. The Bertz CT molecular complexity index is 539. The minimum Gasteiger partial charge on any atom is -0.393 e. The van der Waals surface area contributed by atoms with Gasteiger partial charge >= 0.3 is 0 Å². The van der Waals surface area contributed by atoms with Crippen LogP contribution in [0.4, 0.5) is 0 Å². The van der Waals surface area contributed by atoms with Crippen LogP contribution in [0.25, 0.3) is 0 Å². The molecule has 3 saturated carbocycles. The quantitative estimate of drug-likeness (QED) is 0.677. The van der Waals surface area contributed by atoms with E-state index in [9.17, 15) is 15.0 Å². The van der Waals surface area contributed by atoms with E-state index >= 15 is 0 Å². The Morgan fingerprint density at radius 3 is 2.50 bits per heavy atom. The van der Waals surface area contributed by atoms with Gasteiger partial charge in [-0.3, -0.25) is 4.79 Å². The number of Topliss-reactive ketones (excluding diaryl/α,β-unsaturated/α-hetero) is 1. The maximum atomic E-state index is 12.4. The molecule has 0 aromatic heterocycles. The summed E-state index contributed by atoms with van der Waals surface area (Å²) in [7, 11) is 0. The lowest BCUT2D eigenvalue weighted by Gasteiger charge is -2.58. The lowest BCUT2D eigenvalue weighted by molar-refractivity contribution is -0.135. The van der Waals surface area contributed by atoms with Gasteiger partial charge in [-0.15, -0.1) is 0 Å². The van der Waals surface area contributed by atoms with Gasteiger partial charge < -0.3 is 10.2 Å². The highest BCUT2D eigenvalue weighted by atomic mass is 16.3. The van der Waals surface area contributed by atoms with E-state index in [-0.39, 0.29) is 22.9 Å². The number of hydrogen-bond acceptors (Lipinski definition) is 3. The molecule has 3 fully saturated rings. The van der Waals surface area contributed by atoms with Crippen LogP contribution in [0.2, 0.25) is 0 Å². The van der Waals surface area contributed by atoms with Crippen molar-refractivity contribution < 1.29 is 15.0 Å². The molecule has 4 rings (SSSR count). The highest BCUT2D eigenvalue weighted by molar-refractivity contribution is 5.87. The monoisotopic (exact) mass is 304 g/mol. The smallest absolute Gasteiger partial charge is 0.139 e. The molecule has 7 atom stereocenters. The molecule has 0 unspecified atom stereocenters. The first-order valence-corrected chi connectivity index (χ1v) is 8.97. The average molecular weight is 304 g/mol. The van der Waals surface area contributed by atoms with Crippen molar-refractivity contribution in [1.29, 1.82) is 0 Å². The molecule has 0 spiro atoms. The molecule has 0 aromatic carbocycles. The number of hydrogen-bond donors (Lipinski definition) is 2. The van der Waals surface area contributed by atoms with E-state index in [0.717, 1.165) is 38.5 Å². The SMILES string of the molecule is C[C@@]12CC[C@H]3[C@H]([C@H]1CCC2=O)[C@@H](O)C=C1C[C@H](O)CC[C@]13C. The molecule has 0 heterocycles. The first-order valence-electron chi connectivity index (χ1n) is 8.97. The summed E-state index contributed by atoms with van der Waals surface area (Å²) in [6, 6.07) is 0. The zero-order chi connectivity index (χ0) is 15.7. The number of rotatable bonds is 0. The Morgan fingerprint density at radius 1 is 1.05 bits per heavy atom. The highest BCUT2D eigenvalue weighted by Crippen LogP contribution is 2.63. The van der Waals surface area contributed by atoms with E-state index in [1.54, 1.807) is 0 Å². The molecule has 4 aliphatic rings. The lowest BCUT2D eigenvalue weighted by atomic mass is 9.47. The lowest BCUT2D eigenvalue weighted by Crippen LogP contribution is -2.54. The highest BCUT2D eigenvalue weighted by Gasteiger charge is 2.60. The van der Waals surface area contributed by atoms with Crippen molar-refractivity contribution in [1.82, 2.24) is 0 Å². The number of aliphatic hydroxyl groups is 2. The number of carbonyl (C=O) groups excluding carboxylic acids is 1. The van der Waals surface area contributed by atoms with Crippen LogP contribution in [0.1, 0.15) is 58.8 Å².